The van der Waals surface area contributed by atoms with Crippen molar-refractivity contribution in [2.75, 3.05) is 11.9 Å². The Morgan fingerprint density at radius 2 is 1.92 bits per heavy atom. The number of nitrogens with zero attached hydrogens (tertiary/aromatic N) is 4. The lowest BCUT2D eigenvalue weighted by Gasteiger charge is -2.07. The summed E-state index contributed by atoms with van der Waals surface area (Å²) in [4.78, 5) is 31.5. The second-order valence-electron chi connectivity index (χ2n) is 5.51. The van der Waals surface area contributed by atoms with Gasteiger partial charge in [0.25, 0.3) is 5.91 Å². The van der Waals surface area contributed by atoms with Crippen LogP contribution in [0.1, 0.15) is 21.9 Å². The van der Waals surface area contributed by atoms with Crippen LogP contribution in [0.25, 0.3) is 5.69 Å². The van der Waals surface area contributed by atoms with Crippen molar-refractivity contribution in [3.63, 3.8) is 0 Å². The van der Waals surface area contributed by atoms with E-state index in [0.717, 1.165) is 11.4 Å². The number of para-hydroxylation sites is 1. The fourth-order valence-corrected chi connectivity index (χ4v) is 2.43. The first kappa shape index (κ1) is 17.3. The normalized spacial score (nSPS) is 10.4. The third-order valence-corrected chi connectivity index (χ3v) is 3.66. The lowest BCUT2D eigenvalue weighted by Crippen LogP contribution is -2.22. The van der Waals surface area contributed by atoms with Crippen LogP contribution in [0.5, 0.6) is 0 Å². The Kier molecular flexibility index (Phi) is 5.02. The fourth-order valence-electron chi connectivity index (χ4n) is 2.43. The Bertz CT molecular complexity index is 923. The fraction of sp³-hybridized carbons (Fsp3) is 0.167. The van der Waals surface area contributed by atoms with Gasteiger partial charge in [0.15, 0.2) is 12.3 Å². The molecule has 132 valence electrons. The Morgan fingerprint density at radius 1 is 1.15 bits per heavy atom. The molecule has 26 heavy (non-hydrogen) atoms. The number of carbonyl (C=O) groups is 2. The quantitative estimate of drug-likeness (QED) is 0.707. The van der Waals surface area contributed by atoms with E-state index in [0.29, 0.717) is 11.4 Å². The third-order valence-electron chi connectivity index (χ3n) is 3.66. The summed E-state index contributed by atoms with van der Waals surface area (Å²) in [6.45, 7) is 3.23. The van der Waals surface area contributed by atoms with Gasteiger partial charge in [0, 0.05) is 12.4 Å². The number of anilines is 1. The number of esters is 1. The lowest BCUT2D eigenvalue weighted by molar-refractivity contribution is -0.119. The van der Waals surface area contributed by atoms with Gasteiger partial charge in [0.05, 0.1) is 29.0 Å². The summed E-state index contributed by atoms with van der Waals surface area (Å²) >= 11 is 0. The Hall–Kier alpha value is -3.55. The highest BCUT2D eigenvalue weighted by Gasteiger charge is 2.17. The molecule has 2 aromatic heterocycles. The average Bonchev–Trinajstić information content (AvgIpc) is 2.95. The number of ether oxygens (including phenoxy) is 1. The van der Waals surface area contributed by atoms with E-state index in [4.69, 9.17) is 4.74 Å². The van der Waals surface area contributed by atoms with E-state index in [-0.39, 0.29) is 5.69 Å². The summed E-state index contributed by atoms with van der Waals surface area (Å²) in [5.41, 5.74) is 2.98. The van der Waals surface area contributed by atoms with Crippen LogP contribution in [0, 0.1) is 13.8 Å². The molecule has 3 aromatic rings. The number of aryl methyl sites for hydroxylation is 1. The van der Waals surface area contributed by atoms with Crippen molar-refractivity contribution >= 4 is 17.6 Å². The Labute approximate surface area is 149 Å². The first-order valence-electron chi connectivity index (χ1n) is 7.91. The van der Waals surface area contributed by atoms with Gasteiger partial charge in [0.1, 0.15) is 0 Å². The van der Waals surface area contributed by atoms with Crippen molar-refractivity contribution in [1.82, 2.24) is 19.7 Å². The van der Waals surface area contributed by atoms with Crippen molar-refractivity contribution < 1.29 is 14.3 Å². The van der Waals surface area contributed by atoms with Gasteiger partial charge in [-0.25, -0.2) is 14.5 Å². The van der Waals surface area contributed by atoms with Gasteiger partial charge in [-0.15, -0.1) is 0 Å². The first-order chi connectivity index (χ1) is 12.6. The van der Waals surface area contributed by atoms with E-state index < -0.39 is 18.5 Å². The van der Waals surface area contributed by atoms with Gasteiger partial charge < -0.3 is 10.1 Å². The molecular weight excluding hydrogens is 334 g/mol. The van der Waals surface area contributed by atoms with Crippen molar-refractivity contribution in [3.8, 4) is 5.69 Å². The highest BCUT2D eigenvalue weighted by atomic mass is 16.5. The lowest BCUT2D eigenvalue weighted by atomic mass is 10.3. The largest absolute Gasteiger partial charge is 0.451 e. The highest BCUT2D eigenvalue weighted by molar-refractivity contribution is 5.95. The zero-order valence-corrected chi connectivity index (χ0v) is 14.3. The highest BCUT2D eigenvalue weighted by Crippen LogP contribution is 2.22. The van der Waals surface area contributed by atoms with Crippen LogP contribution in [-0.2, 0) is 9.53 Å². The molecule has 3 rings (SSSR count). The predicted octanol–water partition coefficient (Wildman–Crippen LogP) is 2.07. The van der Waals surface area contributed by atoms with Crippen LogP contribution in [0.3, 0.4) is 0 Å². The van der Waals surface area contributed by atoms with Crippen LogP contribution in [-0.4, -0.2) is 38.2 Å². The standard InChI is InChI=1S/C18H17N5O3/c1-12-17(13(2)23(22-12)14-6-4-3-5-7-14)21-16(24)11-26-18(25)15-10-19-8-9-20-15/h3-10H,11H2,1-2H3,(H,21,24). The molecule has 0 aliphatic rings. The van der Waals surface area contributed by atoms with Crippen molar-refractivity contribution in [3.05, 3.63) is 66.0 Å². The molecule has 0 aliphatic carbocycles. The van der Waals surface area contributed by atoms with Gasteiger partial charge >= 0.3 is 5.97 Å². The maximum absolute atomic E-state index is 12.1. The van der Waals surface area contributed by atoms with Crippen LogP contribution in [0.4, 0.5) is 5.69 Å². The van der Waals surface area contributed by atoms with Crippen molar-refractivity contribution in [1.29, 1.82) is 0 Å². The molecule has 0 fully saturated rings. The minimum absolute atomic E-state index is 0.0459. The molecule has 0 spiro atoms. The third kappa shape index (κ3) is 3.75. The molecule has 0 atom stereocenters. The molecule has 0 unspecified atom stereocenters. The van der Waals surface area contributed by atoms with Crippen LogP contribution >= 0.6 is 0 Å². The number of hydrogen-bond donors (Lipinski definition) is 1. The van der Waals surface area contributed by atoms with E-state index >= 15 is 0 Å². The van der Waals surface area contributed by atoms with Crippen LogP contribution in [0.15, 0.2) is 48.9 Å². The van der Waals surface area contributed by atoms with E-state index in [1.165, 1.54) is 18.6 Å². The van der Waals surface area contributed by atoms with Gasteiger partial charge in [-0.05, 0) is 26.0 Å². The summed E-state index contributed by atoms with van der Waals surface area (Å²) in [6, 6.07) is 9.59. The Morgan fingerprint density at radius 3 is 2.62 bits per heavy atom. The minimum Gasteiger partial charge on any atom is -0.451 e. The monoisotopic (exact) mass is 351 g/mol. The number of nitrogens with one attached hydrogen (secondary N) is 1. The molecule has 8 nitrogen and oxygen atoms in total. The number of carbonyl (C=O) groups excluding carboxylic acids is 2. The molecule has 0 saturated heterocycles. The summed E-state index contributed by atoms with van der Waals surface area (Å²) in [5.74, 6) is -1.16. The number of rotatable bonds is 5. The summed E-state index contributed by atoms with van der Waals surface area (Å²) in [7, 11) is 0. The zero-order valence-electron chi connectivity index (χ0n) is 14.3. The molecule has 0 radical (unpaired) electrons. The van der Waals surface area contributed by atoms with E-state index in [1.54, 1.807) is 11.6 Å². The molecule has 1 amide bonds. The first-order valence-corrected chi connectivity index (χ1v) is 7.91. The van der Waals surface area contributed by atoms with E-state index in [9.17, 15) is 9.59 Å². The number of hydrogen-bond acceptors (Lipinski definition) is 6. The number of benzene rings is 1. The number of aromatic nitrogens is 4. The van der Waals surface area contributed by atoms with Crippen LogP contribution in [0.2, 0.25) is 0 Å². The van der Waals surface area contributed by atoms with Gasteiger partial charge in [-0.1, -0.05) is 18.2 Å². The van der Waals surface area contributed by atoms with Gasteiger partial charge in [-0.3, -0.25) is 9.78 Å². The SMILES string of the molecule is Cc1nn(-c2ccccc2)c(C)c1NC(=O)COC(=O)c1cnccn1. The second kappa shape index (κ2) is 7.56. The van der Waals surface area contributed by atoms with Crippen molar-refractivity contribution in [2.24, 2.45) is 0 Å². The van der Waals surface area contributed by atoms with Crippen LogP contribution < -0.4 is 5.32 Å². The molecule has 1 aromatic carbocycles. The van der Waals surface area contributed by atoms with E-state index in [2.05, 4.69) is 20.4 Å². The predicted molar refractivity (Wildman–Crippen MR) is 94.0 cm³/mol. The van der Waals surface area contributed by atoms with E-state index in [1.807, 2.05) is 37.3 Å². The summed E-state index contributed by atoms with van der Waals surface area (Å²) in [5, 5.41) is 7.19. The molecule has 0 bridgehead atoms. The van der Waals surface area contributed by atoms with Gasteiger partial charge in [0.2, 0.25) is 0 Å². The molecular formula is C18H17N5O3. The summed E-state index contributed by atoms with van der Waals surface area (Å²) < 4.78 is 6.70. The molecule has 0 saturated carbocycles. The second-order valence-corrected chi connectivity index (χ2v) is 5.51. The molecule has 0 aliphatic heterocycles. The smallest absolute Gasteiger partial charge is 0.359 e. The molecule has 2 heterocycles. The Balaban J connectivity index is 1.66. The minimum atomic E-state index is -0.707. The topological polar surface area (TPSA) is 99.0 Å². The molecule has 8 heteroatoms. The molecule has 1 N–H and O–H groups in total. The van der Waals surface area contributed by atoms with Gasteiger partial charge in [-0.2, -0.15) is 5.10 Å². The maximum Gasteiger partial charge on any atom is 0.359 e. The maximum atomic E-state index is 12.1. The number of amides is 1. The van der Waals surface area contributed by atoms with Crippen molar-refractivity contribution in [2.45, 2.75) is 13.8 Å². The average molecular weight is 351 g/mol. The zero-order chi connectivity index (χ0) is 18.5. The summed E-state index contributed by atoms with van der Waals surface area (Å²) in [6.07, 6.45) is 4.10.